The number of aromatic nitrogens is 2. The molecule has 0 amide bonds. The number of nitrogens with two attached hydrogens (primary N) is 2. The van der Waals surface area contributed by atoms with E-state index in [0.717, 1.165) is 17.6 Å². The Hall–Kier alpha value is -2.64. The molecular weight excluding hydrogens is 506 g/mol. The number of nitrogens with zero attached hydrogens (tertiary/aromatic N) is 4. The fourth-order valence-electron chi connectivity index (χ4n) is 5.52. The number of aliphatic imine (C=N–C) groups is 1. The molecule has 7 nitrogen and oxygen atoms in total. The molecule has 0 aliphatic carbocycles. The molecule has 2 atom stereocenters. The SMILES string of the molecule is CCCC(CCC(C)CC)N1CCC(c2cc(C)c(Nc3ncc(Cl)c(N=C(N)/C=C(/C)N)n3)cc2C)CC1. The van der Waals surface area contributed by atoms with Crippen LogP contribution in [0.4, 0.5) is 17.5 Å². The fourth-order valence-corrected chi connectivity index (χ4v) is 5.65. The van der Waals surface area contributed by atoms with Gasteiger partial charge in [-0.05, 0) is 107 Å². The molecule has 2 unspecified atom stereocenters. The maximum Gasteiger partial charge on any atom is 0.229 e. The second-order valence-electron chi connectivity index (χ2n) is 11.3. The Morgan fingerprint density at radius 3 is 2.51 bits per heavy atom. The fraction of sp³-hybridized carbons (Fsp3) is 0.581. The van der Waals surface area contributed by atoms with E-state index in [4.69, 9.17) is 23.1 Å². The first-order chi connectivity index (χ1) is 18.6. The zero-order valence-corrected chi connectivity index (χ0v) is 25.5. The summed E-state index contributed by atoms with van der Waals surface area (Å²) in [6.07, 6.45) is 12.1. The van der Waals surface area contributed by atoms with Crippen LogP contribution in [0.15, 0.2) is 35.1 Å². The molecule has 2 heterocycles. The van der Waals surface area contributed by atoms with Gasteiger partial charge in [0.25, 0.3) is 0 Å². The number of likely N-dealkylation sites (tertiary alicyclic amines) is 1. The van der Waals surface area contributed by atoms with E-state index in [1.807, 2.05) is 0 Å². The Bertz CT molecular complexity index is 1150. The summed E-state index contributed by atoms with van der Waals surface area (Å²) in [5.41, 5.74) is 17.1. The van der Waals surface area contributed by atoms with Gasteiger partial charge in [0.2, 0.25) is 5.95 Å². The molecule has 3 rings (SSSR count). The zero-order valence-electron chi connectivity index (χ0n) is 24.7. The number of benzene rings is 1. The Kier molecular flexibility index (Phi) is 11.6. The third-order valence-corrected chi connectivity index (χ3v) is 8.26. The van der Waals surface area contributed by atoms with E-state index in [-0.39, 0.29) is 5.84 Å². The molecule has 5 N–H and O–H groups in total. The molecule has 0 spiro atoms. The highest BCUT2D eigenvalue weighted by atomic mass is 35.5. The maximum absolute atomic E-state index is 6.26. The van der Waals surface area contributed by atoms with E-state index in [9.17, 15) is 0 Å². The van der Waals surface area contributed by atoms with Crippen molar-refractivity contribution in [3.05, 3.63) is 51.8 Å². The lowest BCUT2D eigenvalue weighted by Gasteiger charge is -2.38. The minimum atomic E-state index is 0.237. The lowest BCUT2D eigenvalue weighted by Crippen LogP contribution is -2.41. The molecule has 1 aromatic carbocycles. The second kappa shape index (κ2) is 14.7. The third-order valence-electron chi connectivity index (χ3n) is 7.99. The van der Waals surface area contributed by atoms with Crippen LogP contribution in [0.1, 0.15) is 95.2 Å². The summed E-state index contributed by atoms with van der Waals surface area (Å²) in [6.45, 7) is 15.5. The van der Waals surface area contributed by atoms with Gasteiger partial charge >= 0.3 is 0 Å². The van der Waals surface area contributed by atoms with E-state index in [2.05, 4.69) is 71.9 Å². The van der Waals surface area contributed by atoms with E-state index in [0.29, 0.717) is 28.4 Å². The first kappa shape index (κ1) is 30.9. The highest BCUT2D eigenvalue weighted by Crippen LogP contribution is 2.35. The first-order valence-corrected chi connectivity index (χ1v) is 14.9. The van der Waals surface area contributed by atoms with Crippen molar-refractivity contribution in [2.24, 2.45) is 22.4 Å². The van der Waals surface area contributed by atoms with Gasteiger partial charge in [-0.25, -0.2) is 9.98 Å². The molecule has 0 bridgehead atoms. The Morgan fingerprint density at radius 2 is 1.87 bits per heavy atom. The van der Waals surface area contributed by atoms with Gasteiger partial charge in [0, 0.05) is 17.4 Å². The normalized spacial score (nSPS) is 17.3. The molecule has 1 saturated heterocycles. The van der Waals surface area contributed by atoms with Gasteiger partial charge in [-0.1, -0.05) is 51.3 Å². The van der Waals surface area contributed by atoms with E-state index in [1.54, 1.807) is 13.0 Å². The molecule has 214 valence electrons. The summed E-state index contributed by atoms with van der Waals surface area (Å²) >= 11 is 6.26. The average molecular weight is 554 g/mol. The molecular formula is C31H48ClN7. The quantitative estimate of drug-likeness (QED) is 0.185. The van der Waals surface area contributed by atoms with Gasteiger partial charge in [-0.3, -0.25) is 0 Å². The van der Waals surface area contributed by atoms with E-state index in [1.165, 1.54) is 80.9 Å². The molecule has 2 aromatic rings. The number of hydrogen-bond donors (Lipinski definition) is 3. The van der Waals surface area contributed by atoms with Crippen LogP contribution < -0.4 is 16.8 Å². The summed E-state index contributed by atoms with van der Waals surface area (Å²) < 4.78 is 0. The lowest BCUT2D eigenvalue weighted by atomic mass is 9.84. The highest BCUT2D eigenvalue weighted by Gasteiger charge is 2.27. The monoisotopic (exact) mass is 553 g/mol. The highest BCUT2D eigenvalue weighted by molar-refractivity contribution is 6.32. The zero-order chi connectivity index (χ0) is 28.5. The van der Waals surface area contributed by atoms with Gasteiger partial charge in [0.05, 0.1) is 6.20 Å². The van der Waals surface area contributed by atoms with Gasteiger partial charge in [-0.15, -0.1) is 0 Å². The van der Waals surface area contributed by atoms with E-state index >= 15 is 0 Å². The predicted molar refractivity (Wildman–Crippen MR) is 166 cm³/mol. The molecule has 1 aliphatic heterocycles. The van der Waals surface area contributed by atoms with Crippen molar-refractivity contribution in [3.8, 4) is 0 Å². The minimum Gasteiger partial charge on any atom is -0.402 e. The van der Waals surface area contributed by atoms with Crippen LogP contribution in [-0.4, -0.2) is 39.8 Å². The van der Waals surface area contributed by atoms with Crippen molar-refractivity contribution in [2.45, 2.75) is 98.4 Å². The van der Waals surface area contributed by atoms with Crippen LogP contribution in [0, 0.1) is 19.8 Å². The van der Waals surface area contributed by atoms with Crippen LogP contribution >= 0.6 is 11.6 Å². The average Bonchev–Trinajstić information content (AvgIpc) is 2.89. The van der Waals surface area contributed by atoms with Gasteiger partial charge < -0.3 is 21.7 Å². The number of anilines is 2. The van der Waals surface area contributed by atoms with Crippen molar-refractivity contribution in [2.75, 3.05) is 18.4 Å². The molecule has 0 saturated carbocycles. The largest absolute Gasteiger partial charge is 0.402 e. The van der Waals surface area contributed by atoms with Crippen molar-refractivity contribution in [1.82, 2.24) is 14.9 Å². The van der Waals surface area contributed by atoms with Crippen LogP contribution in [0.25, 0.3) is 0 Å². The Morgan fingerprint density at radius 1 is 1.15 bits per heavy atom. The molecule has 39 heavy (non-hydrogen) atoms. The van der Waals surface area contributed by atoms with Crippen molar-refractivity contribution in [1.29, 1.82) is 0 Å². The smallest absolute Gasteiger partial charge is 0.229 e. The minimum absolute atomic E-state index is 0.237. The summed E-state index contributed by atoms with van der Waals surface area (Å²) in [5, 5.41) is 3.67. The van der Waals surface area contributed by atoms with Gasteiger partial charge in [-0.2, -0.15) is 4.98 Å². The lowest BCUT2D eigenvalue weighted by molar-refractivity contribution is 0.131. The van der Waals surface area contributed by atoms with Gasteiger partial charge in [0.15, 0.2) is 5.82 Å². The number of aryl methyl sites for hydroxylation is 2. The van der Waals surface area contributed by atoms with Crippen molar-refractivity contribution >= 4 is 34.9 Å². The molecule has 8 heteroatoms. The molecule has 1 aliphatic rings. The predicted octanol–water partition coefficient (Wildman–Crippen LogP) is 7.52. The number of halogens is 1. The number of amidine groups is 1. The first-order valence-electron chi connectivity index (χ1n) is 14.5. The van der Waals surface area contributed by atoms with E-state index < -0.39 is 0 Å². The Labute approximate surface area is 240 Å². The summed E-state index contributed by atoms with van der Waals surface area (Å²) in [5.74, 6) is 2.38. The van der Waals surface area contributed by atoms with Crippen molar-refractivity contribution in [3.63, 3.8) is 0 Å². The standard InChI is InChI=1S/C31H48ClN7/c1-7-9-25(11-10-20(3)8-2)39-14-12-24(13-15-39)26-16-22(5)28(17-21(26)4)36-31-35-19-27(32)30(38-31)37-29(34)18-23(6)33/h16-20,24-25H,7-15,33H2,1-6H3,(H3,34,35,36,37,38)/b23-18-. The molecule has 1 aromatic heterocycles. The van der Waals surface area contributed by atoms with Crippen LogP contribution in [0.2, 0.25) is 5.02 Å². The molecule has 0 radical (unpaired) electrons. The van der Waals surface area contributed by atoms with Gasteiger partial charge in [0.1, 0.15) is 10.9 Å². The van der Waals surface area contributed by atoms with Crippen LogP contribution in [0.5, 0.6) is 0 Å². The summed E-state index contributed by atoms with van der Waals surface area (Å²) in [4.78, 5) is 15.9. The van der Waals surface area contributed by atoms with Crippen LogP contribution in [0.3, 0.4) is 0 Å². The number of nitrogens with one attached hydrogen (secondary N) is 1. The molecule has 1 fully saturated rings. The Balaban J connectivity index is 1.69. The number of rotatable bonds is 12. The summed E-state index contributed by atoms with van der Waals surface area (Å²) in [7, 11) is 0. The third kappa shape index (κ3) is 8.94. The van der Waals surface area contributed by atoms with Crippen molar-refractivity contribution < 1.29 is 0 Å². The number of allylic oxidation sites excluding steroid dienone is 1. The second-order valence-corrected chi connectivity index (χ2v) is 11.7. The topological polar surface area (TPSA) is 105 Å². The number of piperidine rings is 1. The maximum atomic E-state index is 6.26. The number of hydrogen-bond acceptors (Lipinski definition) is 6. The van der Waals surface area contributed by atoms with Crippen LogP contribution in [-0.2, 0) is 0 Å². The summed E-state index contributed by atoms with van der Waals surface area (Å²) in [6, 6.07) is 5.28.